The summed E-state index contributed by atoms with van der Waals surface area (Å²) in [5.74, 6) is 0.129. The standard InChI is InChI=1S/C35H37NO2/c1-26(36-35(30-15-7-3-8-16-30)31-17-9-4-10-18-31)25-34(37)38-33-20-12-11-19-32(33)29-23-21-28(22-24-29)27-13-5-2-6-14-27/h2-10,13-18,21-24,26,32-33,35-36H,11-12,19-20,25H2,1H3/t26?,32-,33+/m0/s1. The van der Waals surface area contributed by atoms with E-state index in [2.05, 4.69) is 109 Å². The highest BCUT2D eigenvalue weighted by Crippen LogP contribution is 2.36. The summed E-state index contributed by atoms with van der Waals surface area (Å²) in [6.07, 6.45) is 4.54. The van der Waals surface area contributed by atoms with E-state index in [4.69, 9.17) is 4.74 Å². The van der Waals surface area contributed by atoms with E-state index in [1.807, 2.05) is 18.2 Å². The van der Waals surface area contributed by atoms with Gasteiger partial charge in [0.15, 0.2) is 0 Å². The molecule has 1 aliphatic carbocycles. The molecule has 1 unspecified atom stereocenters. The van der Waals surface area contributed by atoms with E-state index >= 15 is 0 Å². The normalized spacial score (nSPS) is 18.2. The topological polar surface area (TPSA) is 38.3 Å². The maximum absolute atomic E-state index is 13.1. The van der Waals surface area contributed by atoms with Crippen molar-refractivity contribution in [2.75, 3.05) is 0 Å². The molecule has 3 nitrogen and oxygen atoms in total. The van der Waals surface area contributed by atoms with Crippen LogP contribution in [-0.2, 0) is 9.53 Å². The maximum Gasteiger partial charge on any atom is 0.307 e. The summed E-state index contributed by atoms with van der Waals surface area (Å²) in [4.78, 5) is 13.1. The average molecular weight is 504 g/mol. The molecule has 0 aromatic heterocycles. The van der Waals surface area contributed by atoms with Crippen LogP contribution < -0.4 is 5.32 Å². The molecule has 4 aromatic carbocycles. The highest BCUT2D eigenvalue weighted by molar-refractivity contribution is 5.70. The molecule has 0 amide bonds. The monoisotopic (exact) mass is 503 g/mol. The quantitative estimate of drug-likeness (QED) is 0.235. The lowest BCUT2D eigenvalue weighted by Gasteiger charge is -2.32. The molecule has 3 atom stereocenters. The van der Waals surface area contributed by atoms with Gasteiger partial charge in [0, 0.05) is 12.0 Å². The highest BCUT2D eigenvalue weighted by Gasteiger charge is 2.30. The molecule has 1 N–H and O–H groups in total. The minimum Gasteiger partial charge on any atom is -0.462 e. The van der Waals surface area contributed by atoms with E-state index < -0.39 is 0 Å². The van der Waals surface area contributed by atoms with Gasteiger partial charge in [-0.1, -0.05) is 122 Å². The third-order valence-electron chi connectivity index (χ3n) is 7.62. The first-order valence-corrected chi connectivity index (χ1v) is 13.9. The van der Waals surface area contributed by atoms with Gasteiger partial charge in [0.25, 0.3) is 0 Å². The summed E-state index contributed by atoms with van der Waals surface area (Å²) in [5, 5.41) is 3.68. The molecule has 0 radical (unpaired) electrons. The smallest absolute Gasteiger partial charge is 0.307 e. The molecule has 38 heavy (non-hydrogen) atoms. The van der Waals surface area contributed by atoms with Crippen molar-refractivity contribution in [3.05, 3.63) is 132 Å². The van der Waals surface area contributed by atoms with Crippen LogP contribution in [0.3, 0.4) is 0 Å². The summed E-state index contributed by atoms with van der Waals surface area (Å²) >= 11 is 0. The first kappa shape index (κ1) is 25.9. The molecule has 0 spiro atoms. The van der Waals surface area contributed by atoms with Crippen LogP contribution in [0.2, 0.25) is 0 Å². The second kappa shape index (κ2) is 12.7. The molecular formula is C35H37NO2. The van der Waals surface area contributed by atoms with Crippen molar-refractivity contribution in [2.24, 2.45) is 0 Å². The highest BCUT2D eigenvalue weighted by atomic mass is 16.5. The summed E-state index contributed by atoms with van der Waals surface area (Å²) in [6, 6.07) is 40.1. The van der Waals surface area contributed by atoms with Crippen molar-refractivity contribution in [1.82, 2.24) is 5.32 Å². The van der Waals surface area contributed by atoms with Crippen molar-refractivity contribution in [3.8, 4) is 11.1 Å². The van der Waals surface area contributed by atoms with E-state index in [-0.39, 0.29) is 30.1 Å². The molecule has 0 heterocycles. The Morgan fingerprint density at radius 1 is 0.737 bits per heavy atom. The number of rotatable bonds is 9. The third-order valence-corrected chi connectivity index (χ3v) is 7.62. The maximum atomic E-state index is 13.1. The number of hydrogen-bond donors (Lipinski definition) is 1. The SMILES string of the molecule is CC(CC(=O)O[C@@H]1CCCC[C@H]1c1ccc(-c2ccccc2)cc1)NC(c1ccccc1)c1ccccc1. The van der Waals surface area contributed by atoms with Gasteiger partial charge in [-0.05, 0) is 54.0 Å². The summed E-state index contributed by atoms with van der Waals surface area (Å²) in [6.45, 7) is 2.07. The van der Waals surface area contributed by atoms with E-state index in [0.29, 0.717) is 6.42 Å². The number of ether oxygens (including phenoxy) is 1. The van der Waals surface area contributed by atoms with Crippen LogP contribution in [0.4, 0.5) is 0 Å². The second-order valence-electron chi connectivity index (χ2n) is 10.4. The third kappa shape index (κ3) is 6.59. The first-order chi connectivity index (χ1) is 18.7. The molecule has 0 bridgehead atoms. The minimum atomic E-state index is -0.123. The van der Waals surface area contributed by atoms with Crippen LogP contribution >= 0.6 is 0 Å². The van der Waals surface area contributed by atoms with Gasteiger partial charge in [0.1, 0.15) is 6.10 Å². The Hall–Kier alpha value is -3.69. The Morgan fingerprint density at radius 2 is 1.26 bits per heavy atom. The lowest BCUT2D eigenvalue weighted by atomic mass is 9.81. The Labute approximate surface area is 226 Å². The van der Waals surface area contributed by atoms with E-state index in [1.165, 1.54) is 34.2 Å². The molecule has 0 saturated heterocycles. The lowest BCUT2D eigenvalue weighted by Crippen LogP contribution is -2.35. The van der Waals surface area contributed by atoms with Crippen LogP contribution in [0.5, 0.6) is 0 Å². The average Bonchev–Trinajstić information content (AvgIpc) is 2.97. The fourth-order valence-electron chi connectivity index (χ4n) is 5.66. The predicted molar refractivity (Wildman–Crippen MR) is 155 cm³/mol. The molecule has 1 fully saturated rings. The molecule has 194 valence electrons. The van der Waals surface area contributed by atoms with Gasteiger partial charge in [-0.3, -0.25) is 4.79 Å². The fourth-order valence-corrected chi connectivity index (χ4v) is 5.66. The number of carbonyl (C=O) groups excluding carboxylic acids is 1. The van der Waals surface area contributed by atoms with E-state index in [9.17, 15) is 4.79 Å². The molecule has 4 aromatic rings. The largest absolute Gasteiger partial charge is 0.462 e. The zero-order valence-electron chi connectivity index (χ0n) is 22.1. The molecule has 5 rings (SSSR count). The summed E-state index contributed by atoms with van der Waals surface area (Å²) in [5.41, 5.74) is 6.07. The van der Waals surface area contributed by atoms with Gasteiger partial charge < -0.3 is 10.1 Å². The number of esters is 1. The zero-order chi connectivity index (χ0) is 26.2. The predicted octanol–water partition coefficient (Wildman–Crippen LogP) is 8.08. The summed E-state index contributed by atoms with van der Waals surface area (Å²) in [7, 11) is 0. The minimum absolute atomic E-state index is 0.0192. The van der Waals surface area contributed by atoms with Gasteiger partial charge >= 0.3 is 5.97 Å². The van der Waals surface area contributed by atoms with Gasteiger partial charge in [0.05, 0.1) is 12.5 Å². The zero-order valence-corrected chi connectivity index (χ0v) is 22.1. The van der Waals surface area contributed by atoms with Gasteiger partial charge in [-0.2, -0.15) is 0 Å². The van der Waals surface area contributed by atoms with Crippen LogP contribution in [0.1, 0.15) is 67.7 Å². The summed E-state index contributed by atoms with van der Waals surface area (Å²) < 4.78 is 6.16. The van der Waals surface area contributed by atoms with Crippen LogP contribution in [0.25, 0.3) is 11.1 Å². The Balaban J connectivity index is 1.23. The van der Waals surface area contributed by atoms with Crippen LogP contribution in [-0.4, -0.2) is 18.1 Å². The van der Waals surface area contributed by atoms with Gasteiger partial charge in [-0.25, -0.2) is 0 Å². The first-order valence-electron chi connectivity index (χ1n) is 13.9. The van der Waals surface area contributed by atoms with E-state index in [0.717, 1.165) is 19.3 Å². The van der Waals surface area contributed by atoms with Crippen molar-refractivity contribution in [3.63, 3.8) is 0 Å². The second-order valence-corrected chi connectivity index (χ2v) is 10.4. The van der Waals surface area contributed by atoms with Crippen LogP contribution in [0.15, 0.2) is 115 Å². The van der Waals surface area contributed by atoms with Crippen molar-refractivity contribution in [1.29, 1.82) is 0 Å². The molecule has 0 aliphatic heterocycles. The van der Waals surface area contributed by atoms with Crippen molar-refractivity contribution in [2.45, 2.75) is 63.1 Å². The number of benzene rings is 4. The van der Waals surface area contributed by atoms with Gasteiger partial charge in [0.2, 0.25) is 0 Å². The Morgan fingerprint density at radius 3 is 1.87 bits per heavy atom. The van der Waals surface area contributed by atoms with Crippen molar-refractivity contribution >= 4 is 5.97 Å². The Bertz CT molecular complexity index is 1230. The van der Waals surface area contributed by atoms with Crippen LogP contribution in [0, 0.1) is 0 Å². The molecule has 1 saturated carbocycles. The fraction of sp³-hybridized carbons (Fsp3) is 0.286. The molecule has 1 aliphatic rings. The molecular weight excluding hydrogens is 466 g/mol. The van der Waals surface area contributed by atoms with E-state index in [1.54, 1.807) is 0 Å². The van der Waals surface area contributed by atoms with Gasteiger partial charge in [-0.15, -0.1) is 0 Å². The molecule has 3 heteroatoms. The lowest BCUT2D eigenvalue weighted by molar-refractivity contribution is -0.152. The Kier molecular flexibility index (Phi) is 8.67. The number of hydrogen-bond acceptors (Lipinski definition) is 3. The number of nitrogens with one attached hydrogen (secondary N) is 1. The number of carbonyl (C=O) groups is 1. The van der Waals surface area contributed by atoms with Crippen molar-refractivity contribution < 1.29 is 9.53 Å².